The number of carbonyl (C=O) groups is 1. The van der Waals surface area contributed by atoms with Crippen LogP contribution in [0, 0.1) is 10.1 Å². The molecule has 0 saturated heterocycles. The first-order chi connectivity index (χ1) is 13.4. The van der Waals surface area contributed by atoms with Crippen molar-refractivity contribution in [2.45, 2.75) is 0 Å². The molecular weight excluding hydrogens is 406 g/mol. The smallest absolute Gasteiger partial charge is 0.281 e. The monoisotopic (exact) mass is 419 g/mol. The molecule has 144 valence electrons. The van der Waals surface area contributed by atoms with Crippen molar-refractivity contribution in [2.24, 2.45) is 5.10 Å². The van der Waals surface area contributed by atoms with Crippen LogP contribution in [0.2, 0.25) is 5.02 Å². The van der Waals surface area contributed by atoms with Crippen LogP contribution in [0.1, 0.15) is 15.2 Å². The number of benzene rings is 2. The van der Waals surface area contributed by atoms with Crippen LogP contribution >= 0.6 is 22.9 Å². The van der Waals surface area contributed by atoms with Gasteiger partial charge in [-0.15, -0.1) is 11.3 Å². The minimum atomic E-state index is -0.477. The van der Waals surface area contributed by atoms with Crippen molar-refractivity contribution >= 4 is 50.8 Å². The maximum absolute atomic E-state index is 12.3. The van der Waals surface area contributed by atoms with Crippen LogP contribution in [0.15, 0.2) is 41.5 Å². The van der Waals surface area contributed by atoms with Gasteiger partial charge in [0.2, 0.25) is 0 Å². The number of nitro groups is 1. The minimum absolute atomic E-state index is 0.0272. The van der Waals surface area contributed by atoms with Crippen LogP contribution in [-0.4, -0.2) is 31.3 Å². The van der Waals surface area contributed by atoms with E-state index in [1.807, 2.05) is 0 Å². The van der Waals surface area contributed by atoms with E-state index in [-0.39, 0.29) is 5.69 Å². The van der Waals surface area contributed by atoms with Crippen molar-refractivity contribution in [3.8, 4) is 11.5 Å². The molecule has 3 aromatic rings. The highest BCUT2D eigenvalue weighted by Gasteiger charge is 2.13. The molecule has 3 rings (SSSR count). The number of hydrogen-bond acceptors (Lipinski definition) is 7. The molecule has 0 aliphatic carbocycles. The zero-order valence-corrected chi connectivity index (χ0v) is 16.3. The van der Waals surface area contributed by atoms with Gasteiger partial charge in [0, 0.05) is 22.2 Å². The molecule has 1 amide bonds. The zero-order chi connectivity index (χ0) is 20.3. The number of rotatable bonds is 6. The minimum Gasteiger partial charge on any atom is -0.493 e. The standard InChI is InChI=1S/C18H14ClN3O5S/c1-26-14-6-10(5-13(19)17(14)27-2)9-20-21-18(23)16-8-11-7-12(22(24)25)3-4-15(11)28-16/h3-9H,1-2H3,(H,21,23). The number of hydrazone groups is 1. The summed E-state index contributed by atoms with van der Waals surface area (Å²) in [5.41, 5.74) is 3.00. The predicted molar refractivity (Wildman–Crippen MR) is 108 cm³/mol. The Morgan fingerprint density at radius 1 is 1.25 bits per heavy atom. The highest BCUT2D eigenvalue weighted by Crippen LogP contribution is 2.35. The first kappa shape index (κ1) is 19.6. The van der Waals surface area contributed by atoms with E-state index in [1.54, 1.807) is 24.3 Å². The van der Waals surface area contributed by atoms with Crippen LogP contribution in [0.3, 0.4) is 0 Å². The highest BCUT2D eigenvalue weighted by molar-refractivity contribution is 7.20. The maximum atomic E-state index is 12.3. The number of thiophene rings is 1. The molecule has 0 saturated carbocycles. The number of amides is 1. The fourth-order valence-corrected chi connectivity index (χ4v) is 3.72. The summed E-state index contributed by atoms with van der Waals surface area (Å²) in [5, 5.41) is 15.8. The Bertz CT molecular complexity index is 1100. The number of hydrogen-bond donors (Lipinski definition) is 1. The van der Waals surface area contributed by atoms with E-state index in [0.717, 1.165) is 4.70 Å². The van der Waals surface area contributed by atoms with Gasteiger partial charge in [-0.1, -0.05) is 11.6 Å². The van der Waals surface area contributed by atoms with Crippen molar-refractivity contribution in [1.29, 1.82) is 0 Å². The molecule has 0 aliphatic heterocycles. The van der Waals surface area contributed by atoms with Gasteiger partial charge in [-0.25, -0.2) is 5.43 Å². The van der Waals surface area contributed by atoms with Gasteiger partial charge < -0.3 is 9.47 Å². The lowest BCUT2D eigenvalue weighted by molar-refractivity contribution is -0.384. The Labute approximate surface area is 168 Å². The Hall–Kier alpha value is -3.17. The third kappa shape index (κ3) is 4.05. The third-order valence-corrected chi connectivity index (χ3v) is 5.17. The number of methoxy groups -OCH3 is 2. The Morgan fingerprint density at radius 3 is 2.71 bits per heavy atom. The molecule has 0 spiro atoms. The van der Waals surface area contributed by atoms with E-state index >= 15 is 0 Å². The van der Waals surface area contributed by atoms with E-state index < -0.39 is 10.8 Å². The first-order valence-corrected chi connectivity index (χ1v) is 9.05. The summed E-state index contributed by atoms with van der Waals surface area (Å²) in [7, 11) is 2.97. The predicted octanol–water partition coefficient (Wildman–Crippen LogP) is 4.24. The normalized spacial score (nSPS) is 11.0. The molecule has 0 atom stereocenters. The summed E-state index contributed by atoms with van der Waals surface area (Å²) in [5.74, 6) is 0.422. The number of halogens is 1. The van der Waals surface area contributed by atoms with Gasteiger partial charge >= 0.3 is 0 Å². The molecule has 1 N–H and O–H groups in total. The number of ether oxygens (including phenoxy) is 2. The number of fused-ring (bicyclic) bond motifs is 1. The van der Waals surface area contributed by atoms with Crippen LogP contribution < -0.4 is 14.9 Å². The fourth-order valence-electron chi connectivity index (χ4n) is 2.49. The van der Waals surface area contributed by atoms with Gasteiger partial charge in [-0.2, -0.15) is 5.10 Å². The molecule has 2 aromatic carbocycles. The van der Waals surface area contributed by atoms with Crippen LogP contribution in [0.25, 0.3) is 10.1 Å². The quantitative estimate of drug-likeness (QED) is 0.365. The molecule has 0 radical (unpaired) electrons. The summed E-state index contributed by atoms with van der Waals surface area (Å²) in [6, 6.07) is 9.32. The Morgan fingerprint density at radius 2 is 2.04 bits per heavy atom. The lowest BCUT2D eigenvalue weighted by Gasteiger charge is -2.09. The molecule has 1 heterocycles. The fraction of sp³-hybridized carbons (Fsp3) is 0.111. The third-order valence-electron chi connectivity index (χ3n) is 3.77. The molecular formula is C18H14ClN3O5S. The van der Waals surface area contributed by atoms with Gasteiger partial charge in [0.1, 0.15) is 0 Å². The maximum Gasteiger partial charge on any atom is 0.281 e. The van der Waals surface area contributed by atoms with E-state index in [4.69, 9.17) is 21.1 Å². The van der Waals surface area contributed by atoms with Gasteiger partial charge in [-0.05, 0) is 29.8 Å². The zero-order valence-electron chi connectivity index (χ0n) is 14.8. The SMILES string of the molecule is COc1cc(C=NNC(=O)c2cc3cc([N+](=O)[O-])ccc3s2)cc(Cl)c1OC. The molecule has 0 aliphatic rings. The first-order valence-electron chi connectivity index (χ1n) is 7.86. The Kier molecular flexibility index (Phi) is 5.76. The van der Waals surface area contributed by atoms with Crippen molar-refractivity contribution < 1.29 is 19.2 Å². The van der Waals surface area contributed by atoms with Gasteiger partial charge in [0.05, 0.1) is 35.3 Å². The second kappa shape index (κ2) is 8.24. The summed E-state index contributed by atoms with van der Waals surface area (Å²) < 4.78 is 11.1. The van der Waals surface area contributed by atoms with E-state index in [9.17, 15) is 14.9 Å². The van der Waals surface area contributed by atoms with Crippen LogP contribution in [0.5, 0.6) is 11.5 Å². The van der Waals surface area contributed by atoms with Crippen molar-refractivity contribution in [3.05, 3.63) is 62.0 Å². The largest absolute Gasteiger partial charge is 0.493 e. The van der Waals surface area contributed by atoms with Crippen LogP contribution in [-0.2, 0) is 0 Å². The van der Waals surface area contributed by atoms with Crippen molar-refractivity contribution in [3.63, 3.8) is 0 Å². The number of carbonyl (C=O) groups excluding carboxylic acids is 1. The molecule has 28 heavy (non-hydrogen) atoms. The molecule has 0 unspecified atom stereocenters. The summed E-state index contributed by atoms with van der Waals surface area (Å²) in [4.78, 5) is 23.1. The Balaban J connectivity index is 1.76. The molecule has 10 heteroatoms. The average molecular weight is 420 g/mol. The highest BCUT2D eigenvalue weighted by atomic mass is 35.5. The van der Waals surface area contributed by atoms with Crippen molar-refractivity contribution in [1.82, 2.24) is 5.43 Å². The molecule has 1 aromatic heterocycles. The lowest BCUT2D eigenvalue weighted by Crippen LogP contribution is -2.16. The van der Waals surface area contributed by atoms with Crippen molar-refractivity contribution in [2.75, 3.05) is 14.2 Å². The second-order valence-electron chi connectivity index (χ2n) is 5.53. The van der Waals surface area contributed by atoms with E-state index in [1.165, 1.54) is 43.9 Å². The van der Waals surface area contributed by atoms with E-state index in [2.05, 4.69) is 10.5 Å². The number of nitro benzene ring substituents is 1. The number of nitrogens with one attached hydrogen (secondary N) is 1. The summed E-state index contributed by atoms with van der Waals surface area (Å²) >= 11 is 7.35. The van der Waals surface area contributed by atoms with Gasteiger partial charge in [0.25, 0.3) is 11.6 Å². The lowest BCUT2D eigenvalue weighted by atomic mass is 10.2. The second-order valence-corrected chi connectivity index (χ2v) is 7.02. The average Bonchev–Trinajstić information content (AvgIpc) is 3.10. The summed E-state index contributed by atoms with van der Waals surface area (Å²) in [6.07, 6.45) is 1.42. The molecule has 8 nitrogen and oxygen atoms in total. The number of non-ortho nitro benzene ring substituents is 1. The van der Waals surface area contributed by atoms with Gasteiger partial charge in [0.15, 0.2) is 11.5 Å². The van der Waals surface area contributed by atoms with E-state index in [0.29, 0.717) is 32.3 Å². The van der Waals surface area contributed by atoms with Crippen LogP contribution in [0.4, 0.5) is 5.69 Å². The molecule has 0 bridgehead atoms. The number of nitrogens with zero attached hydrogens (tertiary/aromatic N) is 2. The molecule has 0 fully saturated rings. The van der Waals surface area contributed by atoms with Gasteiger partial charge in [-0.3, -0.25) is 14.9 Å². The summed E-state index contributed by atoms with van der Waals surface area (Å²) in [6.45, 7) is 0. The topological polar surface area (TPSA) is 103 Å².